The summed E-state index contributed by atoms with van der Waals surface area (Å²) >= 11 is 0. The number of halogens is 2. The second-order valence-electron chi connectivity index (χ2n) is 7.73. The van der Waals surface area contributed by atoms with Gasteiger partial charge in [-0.15, -0.1) is 9.24 Å². The first-order chi connectivity index (χ1) is 16.9. The Balaban J connectivity index is 1.85. The topological polar surface area (TPSA) is 85.7 Å². The fourth-order valence-corrected chi connectivity index (χ4v) is 3.78. The molecule has 1 aromatic carbocycles. The molecule has 4 aromatic rings. The van der Waals surface area contributed by atoms with E-state index in [2.05, 4.69) is 19.3 Å². The zero-order chi connectivity index (χ0) is 24.9. The molecular formula is C25H22F2N5O2P. The van der Waals surface area contributed by atoms with Crippen molar-refractivity contribution in [3.05, 3.63) is 88.1 Å². The first-order valence-electron chi connectivity index (χ1n) is 10.8. The van der Waals surface area contributed by atoms with Crippen LogP contribution in [0.4, 0.5) is 8.78 Å². The summed E-state index contributed by atoms with van der Waals surface area (Å²) in [6, 6.07) is 14.1. The van der Waals surface area contributed by atoms with Crippen molar-refractivity contribution in [3.8, 4) is 28.9 Å². The first kappa shape index (κ1) is 24.2. The molecule has 0 N–H and O–H groups in total. The zero-order valence-corrected chi connectivity index (χ0v) is 20.0. The molecule has 0 bridgehead atoms. The van der Waals surface area contributed by atoms with Crippen molar-refractivity contribution in [1.82, 2.24) is 19.3 Å². The van der Waals surface area contributed by atoms with Crippen molar-refractivity contribution in [1.29, 1.82) is 5.26 Å². The summed E-state index contributed by atoms with van der Waals surface area (Å²) in [5.74, 6) is -0.0513. The minimum atomic E-state index is -2.73. The number of nitrogens with zero attached hydrogens (tertiary/aromatic N) is 5. The van der Waals surface area contributed by atoms with Gasteiger partial charge in [-0.25, -0.2) is 13.8 Å². The molecule has 0 aliphatic carbocycles. The molecule has 35 heavy (non-hydrogen) atoms. The fourth-order valence-electron chi connectivity index (χ4n) is 3.59. The average Bonchev–Trinajstić information content (AvgIpc) is 3.31. The standard InChI is InChI=1S/C25H22F2N5O2P/c1-2-31-14-16(13-29-31)10-18-4-3-9-32(25(18)33)24-20(12-28)22(34-15-23(26)27)11-21(30-24)17-5-7-19(35)8-6-17/h3-9,11,13-14,23H,2,10,15,35H2,1H3. The Morgan fingerprint density at radius 2 is 2.00 bits per heavy atom. The SMILES string of the molecule is CCn1cc(Cc2cccn(-c3nc(-c4ccc(P)cc4)cc(OCC(F)F)c3C#N)c2=O)cn1. The van der Waals surface area contributed by atoms with Gasteiger partial charge in [0.1, 0.15) is 24.0 Å². The maximum Gasteiger partial charge on any atom is 0.272 e. The van der Waals surface area contributed by atoms with Crippen molar-refractivity contribution < 1.29 is 13.5 Å². The highest BCUT2D eigenvalue weighted by molar-refractivity contribution is 7.27. The van der Waals surface area contributed by atoms with Crippen molar-refractivity contribution in [2.24, 2.45) is 0 Å². The number of benzene rings is 1. The van der Waals surface area contributed by atoms with E-state index in [1.54, 1.807) is 23.0 Å². The highest BCUT2D eigenvalue weighted by atomic mass is 31.0. The van der Waals surface area contributed by atoms with Crippen LogP contribution in [-0.4, -0.2) is 32.4 Å². The normalized spacial score (nSPS) is 11.0. The molecule has 10 heteroatoms. The van der Waals surface area contributed by atoms with Crippen LogP contribution in [0.2, 0.25) is 0 Å². The molecular weight excluding hydrogens is 471 g/mol. The summed E-state index contributed by atoms with van der Waals surface area (Å²) in [6.07, 6.45) is 2.67. The Bertz CT molecular complexity index is 1440. The van der Waals surface area contributed by atoms with Crippen LogP contribution in [0.3, 0.4) is 0 Å². The lowest BCUT2D eigenvalue weighted by Crippen LogP contribution is -2.24. The third kappa shape index (κ3) is 5.44. The Labute approximate surface area is 202 Å². The summed E-state index contributed by atoms with van der Waals surface area (Å²) in [5.41, 5.74) is 1.92. The van der Waals surface area contributed by atoms with Gasteiger partial charge in [0.2, 0.25) is 0 Å². The Morgan fingerprint density at radius 1 is 1.23 bits per heavy atom. The van der Waals surface area contributed by atoms with Gasteiger partial charge in [-0.2, -0.15) is 10.4 Å². The zero-order valence-electron chi connectivity index (χ0n) is 18.9. The molecule has 0 saturated carbocycles. The number of ether oxygens (including phenoxy) is 1. The minimum absolute atomic E-state index is 0.0142. The van der Waals surface area contributed by atoms with E-state index >= 15 is 0 Å². The summed E-state index contributed by atoms with van der Waals surface area (Å²) < 4.78 is 34.1. The second kappa shape index (κ2) is 10.6. The number of pyridine rings is 2. The van der Waals surface area contributed by atoms with Crippen LogP contribution < -0.4 is 15.6 Å². The summed E-state index contributed by atoms with van der Waals surface area (Å²) in [7, 11) is 2.58. The lowest BCUT2D eigenvalue weighted by molar-refractivity contribution is 0.0817. The van der Waals surface area contributed by atoms with Crippen LogP contribution in [0, 0.1) is 11.3 Å². The molecule has 0 saturated heterocycles. The van der Waals surface area contributed by atoms with E-state index in [9.17, 15) is 18.8 Å². The van der Waals surface area contributed by atoms with Crippen molar-refractivity contribution in [2.75, 3.05) is 6.61 Å². The monoisotopic (exact) mass is 493 g/mol. The van der Waals surface area contributed by atoms with E-state index in [4.69, 9.17) is 4.74 Å². The van der Waals surface area contributed by atoms with E-state index in [0.29, 0.717) is 29.8 Å². The van der Waals surface area contributed by atoms with Gasteiger partial charge in [-0.05, 0) is 23.9 Å². The number of hydrogen-bond acceptors (Lipinski definition) is 5. The van der Waals surface area contributed by atoms with Gasteiger partial charge in [0, 0.05) is 42.6 Å². The van der Waals surface area contributed by atoms with Gasteiger partial charge in [0.15, 0.2) is 5.82 Å². The highest BCUT2D eigenvalue weighted by Crippen LogP contribution is 2.29. The van der Waals surface area contributed by atoms with E-state index in [-0.39, 0.29) is 22.7 Å². The van der Waals surface area contributed by atoms with Gasteiger partial charge in [0.05, 0.1) is 11.9 Å². The number of alkyl halides is 2. The second-order valence-corrected chi connectivity index (χ2v) is 8.40. The van der Waals surface area contributed by atoms with E-state index in [1.807, 2.05) is 43.5 Å². The minimum Gasteiger partial charge on any atom is -0.486 e. The van der Waals surface area contributed by atoms with Crippen molar-refractivity contribution in [3.63, 3.8) is 0 Å². The smallest absolute Gasteiger partial charge is 0.272 e. The highest BCUT2D eigenvalue weighted by Gasteiger charge is 2.20. The predicted molar refractivity (Wildman–Crippen MR) is 132 cm³/mol. The van der Waals surface area contributed by atoms with Crippen LogP contribution >= 0.6 is 9.24 Å². The van der Waals surface area contributed by atoms with Crippen LogP contribution in [0.25, 0.3) is 17.1 Å². The quantitative estimate of drug-likeness (QED) is 0.349. The summed E-state index contributed by atoms with van der Waals surface area (Å²) in [4.78, 5) is 18.0. The van der Waals surface area contributed by atoms with Crippen LogP contribution in [0.15, 0.2) is 65.8 Å². The van der Waals surface area contributed by atoms with E-state index in [0.717, 1.165) is 10.9 Å². The molecule has 0 spiro atoms. The fraction of sp³-hybridized carbons (Fsp3) is 0.200. The molecule has 0 aliphatic heterocycles. The van der Waals surface area contributed by atoms with Crippen LogP contribution in [0.1, 0.15) is 23.6 Å². The summed E-state index contributed by atoms with van der Waals surface area (Å²) in [6.45, 7) is 1.79. The molecule has 3 heterocycles. The van der Waals surface area contributed by atoms with Gasteiger partial charge in [-0.3, -0.25) is 14.0 Å². The largest absolute Gasteiger partial charge is 0.486 e. The van der Waals surface area contributed by atoms with E-state index in [1.165, 1.54) is 16.8 Å². The molecule has 7 nitrogen and oxygen atoms in total. The third-order valence-electron chi connectivity index (χ3n) is 5.31. The molecule has 0 aliphatic rings. The summed E-state index contributed by atoms with van der Waals surface area (Å²) in [5, 5.41) is 15.1. The maximum atomic E-state index is 13.4. The number of rotatable bonds is 8. The predicted octanol–water partition coefficient (Wildman–Crippen LogP) is 3.72. The van der Waals surface area contributed by atoms with Gasteiger partial charge >= 0.3 is 0 Å². The van der Waals surface area contributed by atoms with Crippen molar-refractivity contribution >= 4 is 14.5 Å². The molecule has 1 atom stereocenters. The van der Waals surface area contributed by atoms with Gasteiger partial charge in [0.25, 0.3) is 12.0 Å². The third-order valence-corrected chi connectivity index (χ3v) is 5.69. The van der Waals surface area contributed by atoms with Crippen LogP contribution in [-0.2, 0) is 13.0 Å². The molecule has 0 amide bonds. The molecule has 0 radical (unpaired) electrons. The van der Waals surface area contributed by atoms with Crippen LogP contribution in [0.5, 0.6) is 5.75 Å². The molecule has 3 aromatic heterocycles. The molecule has 4 rings (SSSR count). The average molecular weight is 493 g/mol. The molecule has 178 valence electrons. The first-order valence-corrected chi connectivity index (χ1v) is 11.4. The number of aromatic nitrogens is 4. The van der Waals surface area contributed by atoms with E-state index < -0.39 is 13.0 Å². The van der Waals surface area contributed by atoms with Crippen molar-refractivity contribution in [2.45, 2.75) is 26.3 Å². The Kier molecular flexibility index (Phi) is 7.33. The Hall–Kier alpha value is -3.89. The van der Waals surface area contributed by atoms with Gasteiger partial charge < -0.3 is 4.74 Å². The molecule has 1 unspecified atom stereocenters. The van der Waals surface area contributed by atoms with Gasteiger partial charge in [-0.1, -0.05) is 30.3 Å². The Morgan fingerprint density at radius 3 is 2.66 bits per heavy atom. The number of nitriles is 1. The maximum absolute atomic E-state index is 13.4. The lowest BCUT2D eigenvalue weighted by atomic mass is 10.1. The number of aryl methyl sites for hydroxylation is 1. The number of hydrogen-bond donors (Lipinski definition) is 0. The lowest BCUT2D eigenvalue weighted by Gasteiger charge is -2.15. The molecule has 0 fully saturated rings.